The Morgan fingerprint density at radius 3 is 2.23 bits per heavy atom. The average Bonchev–Trinajstić information content (AvgIpc) is 2.18. The molecule has 0 saturated heterocycles. The Morgan fingerprint density at radius 2 is 1.77 bits per heavy atom. The fourth-order valence-electron chi connectivity index (χ4n) is 1.04. The van der Waals surface area contributed by atoms with Gasteiger partial charge in [-0.25, -0.2) is 0 Å². The molecule has 13 heavy (non-hydrogen) atoms. The molecule has 0 spiro atoms. The van der Waals surface area contributed by atoms with Crippen LogP contribution in [0.15, 0.2) is 30.3 Å². The van der Waals surface area contributed by atoms with Gasteiger partial charge in [-0.15, -0.1) is 0 Å². The minimum absolute atomic E-state index is 0.452. The van der Waals surface area contributed by atoms with Crippen molar-refractivity contribution in [3.8, 4) is 0 Å². The van der Waals surface area contributed by atoms with Crippen LogP contribution < -0.4 is 3.61 Å². The van der Waals surface area contributed by atoms with E-state index in [1.54, 1.807) is 0 Å². The third kappa shape index (κ3) is 2.77. The van der Waals surface area contributed by atoms with Crippen LogP contribution >= 0.6 is 17.9 Å². The zero-order chi connectivity index (χ0) is 9.90. The molecule has 74 valence electrons. The number of hydrogen-bond donors (Lipinski definition) is 0. The second-order valence-corrected chi connectivity index (χ2v) is 17.2. The molecule has 1 aromatic carbocycles. The van der Waals surface area contributed by atoms with Crippen LogP contribution in [0.4, 0.5) is 0 Å². The molecule has 0 saturated carbocycles. The Bertz CT molecular complexity index is 259. The first-order chi connectivity index (χ1) is 6.09. The molecular weight excluding hydrogens is 319 g/mol. The molecular formula is C10H14Cl2Te. The number of halogens is 2. The first-order valence-corrected chi connectivity index (χ1v) is 12.8. The summed E-state index contributed by atoms with van der Waals surface area (Å²) in [5, 5.41) is 0. The first-order valence-electron chi connectivity index (χ1n) is 4.35. The van der Waals surface area contributed by atoms with Crippen molar-refractivity contribution < 1.29 is 0 Å². The molecule has 0 aliphatic carbocycles. The van der Waals surface area contributed by atoms with E-state index in [0.717, 1.165) is 6.42 Å². The zero-order valence-electron chi connectivity index (χ0n) is 7.84. The van der Waals surface area contributed by atoms with Crippen molar-refractivity contribution in [3.05, 3.63) is 30.3 Å². The fourth-order valence-corrected chi connectivity index (χ4v) is 8.12. The fraction of sp³-hybridized carbons (Fsp3) is 0.400. The molecule has 1 atom stereocenters. The van der Waals surface area contributed by atoms with Gasteiger partial charge in [0.05, 0.1) is 0 Å². The Morgan fingerprint density at radius 1 is 1.23 bits per heavy atom. The van der Waals surface area contributed by atoms with E-state index in [-0.39, 0.29) is 0 Å². The molecule has 1 aromatic rings. The third-order valence-electron chi connectivity index (χ3n) is 2.14. The predicted octanol–water partition coefficient (Wildman–Crippen LogP) is 3.61. The van der Waals surface area contributed by atoms with Gasteiger partial charge in [-0.05, 0) is 0 Å². The maximum atomic E-state index is 6.47. The molecule has 0 N–H and O–H groups in total. The predicted molar refractivity (Wildman–Crippen MR) is 63.3 cm³/mol. The number of rotatable bonds is 3. The number of benzene rings is 1. The molecule has 0 aliphatic rings. The summed E-state index contributed by atoms with van der Waals surface area (Å²) in [7, 11) is 12.9. The van der Waals surface area contributed by atoms with Crippen LogP contribution in [0, 0.1) is 0 Å². The third-order valence-corrected chi connectivity index (χ3v) is 15.0. The molecule has 0 fully saturated rings. The number of hydrogen-bond acceptors (Lipinski definition) is 0. The zero-order valence-corrected chi connectivity index (χ0v) is 11.7. The summed E-state index contributed by atoms with van der Waals surface area (Å²) in [6.45, 7) is 4.28. The van der Waals surface area contributed by atoms with Crippen LogP contribution in [0.1, 0.15) is 20.3 Å². The molecule has 3 heteroatoms. The Balaban J connectivity index is 2.93. The van der Waals surface area contributed by atoms with E-state index < -0.39 is 15.9 Å². The van der Waals surface area contributed by atoms with E-state index in [9.17, 15) is 0 Å². The maximum absolute atomic E-state index is 6.47. The van der Waals surface area contributed by atoms with Gasteiger partial charge in [0, 0.05) is 0 Å². The van der Waals surface area contributed by atoms with Gasteiger partial charge in [0.15, 0.2) is 0 Å². The second-order valence-electron chi connectivity index (χ2n) is 3.04. The van der Waals surface area contributed by atoms with Gasteiger partial charge in [-0.1, -0.05) is 0 Å². The average molecular weight is 333 g/mol. The quantitative estimate of drug-likeness (QED) is 0.742. The van der Waals surface area contributed by atoms with Gasteiger partial charge in [0.25, 0.3) is 0 Å². The van der Waals surface area contributed by atoms with Crippen molar-refractivity contribution >= 4 is 37.5 Å². The molecule has 0 aromatic heterocycles. The van der Waals surface area contributed by atoms with Crippen molar-refractivity contribution in [2.45, 2.75) is 24.2 Å². The molecule has 0 amide bonds. The minimum atomic E-state index is -2.78. The van der Waals surface area contributed by atoms with Crippen molar-refractivity contribution in [3.63, 3.8) is 0 Å². The summed E-state index contributed by atoms with van der Waals surface area (Å²) in [6, 6.07) is 10.1. The normalized spacial score (nSPS) is 15.4. The van der Waals surface area contributed by atoms with E-state index in [2.05, 4.69) is 13.8 Å². The van der Waals surface area contributed by atoms with Crippen LogP contribution in [-0.4, -0.2) is 15.9 Å². The van der Waals surface area contributed by atoms with Crippen LogP contribution in [0.25, 0.3) is 0 Å². The molecule has 0 aliphatic heterocycles. The summed E-state index contributed by atoms with van der Waals surface area (Å²) in [5.41, 5.74) is 0. The SMILES string of the molecule is CCC(C)[Te](Cl)(Cl)c1ccccc1. The monoisotopic (exact) mass is 334 g/mol. The molecule has 0 nitrogen and oxygen atoms in total. The second kappa shape index (κ2) is 4.89. The van der Waals surface area contributed by atoms with Gasteiger partial charge < -0.3 is 0 Å². The Labute approximate surface area is 91.5 Å². The van der Waals surface area contributed by atoms with Gasteiger partial charge in [-0.2, -0.15) is 0 Å². The van der Waals surface area contributed by atoms with E-state index in [1.807, 2.05) is 30.3 Å². The topological polar surface area (TPSA) is 0 Å². The Kier molecular flexibility index (Phi) is 4.39. The van der Waals surface area contributed by atoms with Crippen molar-refractivity contribution in [2.75, 3.05) is 0 Å². The van der Waals surface area contributed by atoms with Gasteiger partial charge in [0.2, 0.25) is 0 Å². The van der Waals surface area contributed by atoms with E-state index in [4.69, 9.17) is 17.9 Å². The standard InChI is InChI=1S/C10H14Cl2Te/c1-3-9(2)13(11,12)10-7-5-4-6-8-10/h4-9H,3H2,1-2H3. The van der Waals surface area contributed by atoms with Crippen LogP contribution in [0.3, 0.4) is 0 Å². The van der Waals surface area contributed by atoms with Gasteiger partial charge in [-0.3, -0.25) is 0 Å². The van der Waals surface area contributed by atoms with E-state index in [1.165, 1.54) is 3.61 Å². The van der Waals surface area contributed by atoms with Gasteiger partial charge >= 0.3 is 92.0 Å². The van der Waals surface area contributed by atoms with Crippen LogP contribution in [0.5, 0.6) is 0 Å². The molecule has 1 rings (SSSR count). The summed E-state index contributed by atoms with van der Waals surface area (Å²) >= 11 is -2.78. The van der Waals surface area contributed by atoms with Gasteiger partial charge in [0.1, 0.15) is 0 Å². The van der Waals surface area contributed by atoms with Crippen LogP contribution in [-0.2, 0) is 0 Å². The first kappa shape index (κ1) is 11.7. The van der Waals surface area contributed by atoms with E-state index in [0.29, 0.717) is 3.97 Å². The molecule has 0 bridgehead atoms. The summed E-state index contributed by atoms with van der Waals surface area (Å²) in [4.78, 5) is 0. The Hall–Kier alpha value is 0.590. The molecule has 1 unspecified atom stereocenters. The summed E-state index contributed by atoms with van der Waals surface area (Å²) in [6.07, 6.45) is 1.06. The van der Waals surface area contributed by atoms with Crippen molar-refractivity contribution in [1.82, 2.24) is 0 Å². The molecule has 0 heterocycles. The van der Waals surface area contributed by atoms with Crippen molar-refractivity contribution in [1.29, 1.82) is 0 Å². The summed E-state index contributed by atoms with van der Waals surface area (Å²) in [5.74, 6) is 0. The van der Waals surface area contributed by atoms with Crippen LogP contribution in [0.2, 0.25) is 3.97 Å². The molecule has 0 radical (unpaired) electrons. The van der Waals surface area contributed by atoms with E-state index >= 15 is 0 Å². The van der Waals surface area contributed by atoms with Crippen molar-refractivity contribution in [2.24, 2.45) is 0 Å². The summed E-state index contributed by atoms with van der Waals surface area (Å²) < 4.78 is 1.62.